The van der Waals surface area contributed by atoms with Crippen LogP contribution in [-0.2, 0) is 9.53 Å². The third-order valence-electron chi connectivity index (χ3n) is 1.19. The number of rotatable bonds is 4. The summed E-state index contributed by atoms with van der Waals surface area (Å²) >= 11 is 0. The Morgan fingerprint density at radius 3 is 2.73 bits per heavy atom. The molecular weight excluding hydrogens is 140 g/mol. The molecule has 0 aromatic carbocycles. The van der Waals surface area contributed by atoms with Crippen LogP contribution in [0.1, 0.15) is 20.3 Å². The highest BCUT2D eigenvalue weighted by Crippen LogP contribution is 1.98. The summed E-state index contributed by atoms with van der Waals surface area (Å²) in [5.41, 5.74) is 0.645. The normalized spacial score (nSPS) is 10.9. The van der Waals surface area contributed by atoms with Crippen molar-refractivity contribution in [2.24, 2.45) is 0 Å². The highest BCUT2D eigenvalue weighted by molar-refractivity contribution is 5.87. The van der Waals surface area contributed by atoms with Gasteiger partial charge in [0.25, 0.3) is 0 Å². The minimum absolute atomic E-state index is 0.241. The second-order valence-electron chi connectivity index (χ2n) is 2.13. The summed E-state index contributed by atoms with van der Waals surface area (Å²) in [6, 6.07) is 0. The molecule has 0 aliphatic heterocycles. The highest BCUT2D eigenvalue weighted by atomic mass is 16.5. The van der Waals surface area contributed by atoms with Crippen LogP contribution in [0.3, 0.4) is 0 Å². The fourth-order valence-corrected chi connectivity index (χ4v) is 0.588. The van der Waals surface area contributed by atoms with Gasteiger partial charge in [0, 0.05) is 5.57 Å². The molecule has 0 saturated heterocycles. The molecule has 0 unspecified atom stereocenters. The zero-order valence-corrected chi connectivity index (χ0v) is 7.09. The Bertz CT molecular complexity index is 168. The maximum absolute atomic E-state index is 10.9. The number of esters is 1. The summed E-state index contributed by atoms with van der Waals surface area (Å²) in [4.78, 5) is 10.9. The molecule has 0 aliphatic carbocycles. The van der Waals surface area contributed by atoms with Gasteiger partial charge in [-0.15, -0.1) is 6.58 Å². The monoisotopic (exact) mass is 154 g/mol. The van der Waals surface area contributed by atoms with E-state index in [2.05, 4.69) is 6.58 Å². The first kappa shape index (κ1) is 9.95. The van der Waals surface area contributed by atoms with Crippen LogP contribution in [0.2, 0.25) is 0 Å². The molecule has 0 aromatic heterocycles. The first-order chi connectivity index (χ1) is 5.22. The van der Waals surface area contributed by atoms with E-state index in [-0.39, 0.29) is 5.97 Å². The first-order valence-corrected chi connectivity index (χ1v) is 3.67. The van der Waals surface area contributed by atoms with Gasteiger partial charge in [0.15, 0.2) is 0 Å². The molecule has 2 heteroatoms. The summed E-state index contributed by atoms with van der Waals surface area (Å²) in [5, 5.41) is 0. The van der Waals surface area contributed by atoms with Crippen molar-refractivity contribution in [1.29, 1.82) is 0 Å². The minimum atomic E-state index is -0.241. The number of hydrogen-bond acceptors (Lipinski definition) is 2. The van der Waals surface area contributed by atoms with Gasteiger partial charge in [0.05, 0.1) is 6.61 Å². The number of allylic oxidation sites excluding steroid dienone is 2. The van der Waals surface area contributed by atoms with Gasteiger partial charge < -0.3 is 4.74 Å². The maximum atomic E-state index is 10.9. The van der Waals surface area contributed by atoms with Crippen LogP contribution in [0.5, 0.6) is 0 Å². The summed E-state index contributed by atoms with van der Waals surface area (Å²) in [6.45, 7) is 7.50. The van der Waals surface area contributed by atoms with Crippen LogP contribution < -0.4 is 0 Å². The van der Waals surface area contributed by atoms with Gasteiger partial charge in [-0.3, -0.25) is 0 Å². The zero-order valence-electron chi connectivity index (χ0n) is 7.09. The van der Waals surface area contributed by atoms with E-state index in [0.717, 1.165) is 0 Å². The van der Waals surface area contributed by atoms with Crippen molar-refractivity contribution in [3.05, 3.63) is 24.3 Å². The minimum Gasteiger partial charge on any atom is -0.463 e. The fraction of sp³-hybridized carbons (Fsp3) is 0.444. The van der Waals surface area contributed by atoms with Gasteiger partial charge in [0.2, 0.25) is 0 Å². The van der Waals surface area contributed by atoms with Crippen LogP contribution >= 0.6 is 0 Å². The third kappa shape index (κ3) is 4.37. The molecule has 0 amide bonds. The van der Waals surface area contributed by atoms with Crippen LogP contribution in [0.25, 0.3) is 0 Å². The topological polar surface area (TPSA) is 26.3 Å². The van der Waals surface area contributed by atoms with Crippen molar-refractivity contribution in [1.82, 2.24) is 0 Å². The van der Waals surface area contributed by atoms with Crippen molar-refractivity contribution in [3.8, 4) is 0 Å². The standard InChI is InChI=1S/C9H14O2/c1-4-6-7-8(3)9(10)11-5-2/h4,7H,1,5-6H2,2-3H3/b8-7+. The second-order valence-corrected chi connectivity index (χ2v) is 2.13. The smallest absolute Gasteiger partial charge is 0.333 e. The molecule has 0 aliphatic rings. The zero-order chi connectivity index (χ0) is 8.69. The summed E-state index contributed by atoms with van der Waals surface area (Å²) in [5.74, 6) is -0.241. The second kappa shape index (κ2) is 5.71. The molecule has 62 valence electrons. The Hall–Kier alpha value is -1.05. The fourth-order valence-electron chi connectivity index (χ4n) is 0.588. The van der Waals surface area contributed by atoms with Gasteiger partial charge in [-0.2, -0.15) is 0 Å². The Kier molecular flexibility index (Phi) is 5.17. The van der Waals surface area contributed by atoms with E-state index >= 15 is 0 Å². The van der Waals surface area contributed by atoms with Crippen LogP contribution in [0, 0.1) is 0 Å². The molecule has 0 fully saturated rings. The molecule has 0 saturated carbocycles. The number of ether oxygens (including phenoxy) is 1. The lowest BCUT2D eigenvalue weighted by Gasteiger charge is -1.99. The van der Waals surface area contributed by atoms with Crippen molar-refractivity contribution in [2.45, 2.75) is 20.3 Å². The molecule has 0 aromatic rings. The Labute approximate surface area is 67.6 Å². The third-order valence-corrected chi connectivity index (χ3v) is 1.19. The molecule has 0 spiro atoms. The molecule has 0 bridgehead atoms. The number of carbonyl (C=O) groups is 1. The summed E-state index contributed by atoms with van der Waals surface area (Å²) in [6.07, 6.45) is 4.25. The molecule has 0 atom stereocenters. The average Bonchev–Trinajstić information content (AvgIpc) is 2.00. The van der Waals surface area contributed by atoms with Crippen molar-refractivity contribution < 1.29 is 9.53 Å². The molecule has 0 radical (unpaired) electrons. The Morgan fingerprint density at radius 1 is 1.64 bits per heavy atom. The first-order valence-electron chi connectivity index (χ1n) is 3.67. The average molecular weight is 154 g/mol. The lowest BCUT2D eigenvalue weighted by atomic mass is 10.2. The van der Waals surface area contributed by atoms with Crippen LogP contribution in [-0.4, -0.2) is 12.6 Å². The molecule has 2 nitrogen and oxygen atoms in total. The van der Waals surface area contributed by atoms with E-state index in [9.17, 15) is 4.79 Å². The predicted octanol–water partition coefficient (Wildman–Crippen LogP) is 2.07. The van der Waals surface area contributed by atoms with E-state index in [0.29, 0.717) is 18.6 Å². The van der Waals surface area contributed by atoms with Gasteiger partial charge in [-0.25, -0.2) is 4.79 Å². The van der Waals surface area contributed by atoms with Crippen molar-refractivity contribution >= 4 is 5.97 Å². The lowest BCUT2D eigenvalue weighted by molar-refractivity contribution is -0.138. The van der Waals surface area contributed by atoms with Gasteiger partial charge in [-0.1, -0.05) is 12.2 Å². The van der Waals surface area contributed by atoms with Gasteiger partial charge >= 0.3 is 5.97 Å². The molecule has 11 heavy (non-hydrogen) atoms. The SMILES string of the molecule is C=CC/C=C(\C)C(=O)OCC. The van der Waals surface area contributed by atoms with Crippen LogP contribution in [0.15, 0.2) is 24.3 Å². The molecule has 0 N–H and O–H groups in total. The van der Waals surface area contributed by atoms with Crippen LogP contribution in [0.4, 0.5) is 0 Å². The summed E-state index contributed by atoms with van der Waals surface area (Å²) in [7, 11) is 0. The lowest BCUT2D eigenvalue weighted by Crippen LogP contribution is -2.04. The number of hydrogen-bond donors (Lipinski definition) is 0. The summed E-state index contributed by atoms with van der Waals surface area (Å²) < 4.78 is 4.76. The van der Waals surface area contributed by atoms with Crippen molar-refractivity contribution in [3.63, 3.8) is 0 Å². The predicted molar refractivity (Wildman–Crippen MR) is 45.2 cm³/mol. The van der Waals surface area contributed by atoms with Crippen molar-refractivity contribution in [2.75, 3.05) is 6.61 Å². The van der Waals surface area contributed by atoms with E-state index in [1.54, 1.807) is 26.0 Å². The Morgan fingerprint density at radius 2 is 2.27 bits per heavy atom. The Balaban J connectivity index is 3.89. The van der Waals surface area contributed by atoms with E-state index < -0.39 is 0 Å². The van der Waals surface area contributed by atoms with E-state index in [4.69, 9.17) is 4.74 Å². The quantitative estimate of drug-likeness (QED) is 0.352. The molecular formula is C9H14O2. The number of carbonyl (C=O) groups excluding carboxylic acids is 1. The van der Waals surface area contributed by atoms with Gasteiger partial charge in [0.1, 0.15) is 0 Å². The molecule has 0 rings (SSSR count). The van der Waals surface area contributed by atoms with Gasteiger partial charge in [-0.05, 0) is 20.3 Å². The van der Waals surface area contributed by atoms with E-state index in [1.165, 1.54) is 0 Å². The highest BCUT2D eigenvalue weighted by Gasteiger charge is 2.01. The molecule has 0 heterocycles. The largest absolute Gasteiger partial charge is 0.463 e. The maximum Gasteiger partial charge on any atom is 0.333 e. The van der Waals surface area contributed by atoms with E-state index in [1.807, 2.05) is 0 Å².